The summed E-state index contributed by atoms with van der Waals surface area (Å²) in [5, 5.41) is 21.7. The first-order chi connectivity index (χ1) is 13.0. The predicted octanol–water partition coefficient (Wildman–Crippen LogP) is 6.38. The van der Waals surface area contributed by atoms with Gasteiger partial charge in [-0.2, -0.15) is 0 Å². The molecule has 4 rings (SSSR count). The van der Waals surface area contributed by atoms with Crippen LogP contribution in [0.15, 0.2) is 59.6 Å². The monoisotopic (exact) mass is 506 g/mol. The van der Waals surface area contributed by atoms with Crippen LogP contribution in [-0.4, -0.2) is 21.4 Å². The summed E-state index contributed by atoms with van der Waals surface area (Å²) in [6.45, 7) is 0. The smallest absolute Gasteiger partial charge is 0.137 e. The largest absolute Gasteiger partial charge is 0.507 e. The number of halogens is 2. The lowest BCUT2D eigenvalue weighted by atomic mass is 10.2. The number of hydrogen-bond donors (Lipinski definition) is 2. The van der Waals surface area contributed by atoms with Crippen LogP contribution in [0.4, 0.5) is 5.69 Å². The van der Waals surface area contributed by atoms with E-state index in [9.17, 15) is 10.2 Å². The van der Waals surface area contributed by atoms with E-state index in [1.165, 1.54) is 11.3 Å². The van der Waals surface area contributed by atoms with Crippen LogP contribution in [0.2, 0.25) is 5.02 Å². The maximum absolute atomic E-state index is 10.3. The Kier molecular flexibility index (Phi) is 5.03. The molecule has 0 atom stereocenters. The molecule has 0 saturated heterocycles. The number of phenolic OH excluding ortho intramolecular Hbond substituents is 2. The zero-order chi connectivity index (χ0) is 19.0. The summed E-state index contributed by atoms with van der Waals surface area (Å²) in [5.74, 6) is 0.280. The molecule has 0 spiro atoms. The van der Waals surface area contributed by atoms with Gasteiger partial charge in [-0.3, -0.25) is 4.99 Å². The number of fused-ring (bicyclic) bond motifs is 1. The Morgan fingerprint density at radius 3 is 2.70 bits per heavy atom. The molecule has 1 aromatic heterocycles. The van der Waals surface area contributed by atoms with E-state index >= 15 is 0 Å². The van der Waals surface area contributed by atoms with Gasteiger partial charge >= 0.3 is 0 Å². The highest BCUT2D eigenvalue weighted by Crippen LogP contribution is 2.37. The average molecular weight is 507 g/mol. The first-order valence-electron chi connectivity index (χ1n) is 7.92. The Morgan fingerprint density at radius 2 is 1.89 bits per heavy atom. The molecule has 0 aliphatic rings. The van der Waals surface area contributed by atoms with Crippen molar-refractivity contribution in [1.82, 2.24) is 4.98 Å². The second-order valence-electron chi connectivity index (χ2n) is 5.77. The third-order valence-corrected chi connectivity index (χ3v) is 6.03. The van der Waals surface area contributed by atoms with Crippen LogP contribution >= 0.6 is 45.5 Å². The molecule has 0 aliphatic heterocycles. The van der Waals surface area contributed by atoms with E-state index in [0.717, 1.165) is 15.2 Å². The van der Waals surface area contributed by atoms with Crippen LogP contribution in [0.25, 0.3) is 20.8 Å². The average Bonchev–Trinajstić information content (AvgIpc) is 3.08. The molecule has 4 nitrogen and oxygen atoms in total. The summed E-state index contributed by atoms with van der Waals surface area (Å²) in [6.07, 6.45) is 1.55. The quantitative estimate of drug-likeness (QED) is 0.250. The van der Waals surface area contributed by atoms with Crippen molar-refractivity contribution in [1.29, 1.82) is 0 Å². The maximum atomic E-state index is 10.3. The van der Waals surface area contributed by atoms with Crippen molar-refractivity contribution in [3.05, 3.63) is 68.8 Å². The third-order valence-electron chi connectivity index (χ3n) is 3.91. The lowest BCUT2D eigenvalue weighted by molar-refractivity contribution is 0.470. The predicted molar refractivity (Wildman–Crippen MR) is 120 cm³/mol. The van der Waals surface area contributed by atoms with E-state index < -0.39 is 0 Å². The second-order valence-corrected chi connectivity index (χ2v) is 8.40. The number of nitrogens with zero attached hydrogens (tertiary/aromatic N) is 2. The molecule has 3 aromatic carbocycles. The lowest BCUT2D eigenvalue weighted by Crippen LogP contribution is -1.86. The van der Waals surface area contributed by atoms with Gasteiger partial charge in [-0.1, -0.05) is 23.7 Å². The number of para-hydroxylation sites is 1. The first kappa shape index (κ1) is 18.2. The molecule has 0 amide bonds. The number of phenols is 2. The number of aromatic nitrogens is 1. The molecule has 0 saturated carbocycles. The molecule has 0 bridgehead atoms. The lowest BCUT2D eigenvalue weighted by Gasteiger charge is -2.04. The molecule has 4 aromatic rings. The number of rotatable bonds is 3. The number of thiazole rings is 1. The number of aliphatic imine (C=N–C) groups is 1. The second kappa shape index (κ2) is 7.46. The van der Waals surface area contributed by atoms with E-state index in [0.29, 0.717) is 25.4 Å². The van der Waals surface area contributed by atoms with Crippen molar-refractivity contribution in [2.45, 2.75) is 0 Å². The normalized spacial score (nSPS) is 11.5. The van der Waals surface area contributed by atoms with Crippen LogP contribution in [0, 0.1) is 3.57 Å². The van der Waals surface area contributed by atoms with Crippen molar-refractivity contribution >= 4 is 67.6 Å². The number of hydrogen-bond acceptors (Lipinski definition) is 5. The fraction of sp³-hybridized carbons (Fsp3) is 0. The van der Waals surface area contributed by atoms with Crippen molar-refractivity contribution in [3.8, 4) is 22.1 Å². The summed E-state index contributed by atoms with van der Waals surface area (Å²) < 4.78 is 1.71. The Labute approximate surface area is 178 Å². The SMILES string of the molecule is Oc1ccc(N=Cc2cc(Cl)cc(I)c2O)cc1-c1nc2ccccc2s1. The minimum absolute atomic E-state index is 0.133. The third kappa shape index (κ3) is 3.78. The fourth-order valence-electron chi connectivity index (χ4n) is 2.59. The minimum Gasteiger partial charge on any atom is -0.507 e. The summed E-state index contributed by atoms with van der Waals surface area (Å²) in [4.78, 5) is 9.01. The standard InChI is InChI=1S/C20H12ClIN2O2S/c21-12-7-11(19(26)15(22)8-12)10-23-13-5-6-17(25)14(9-13)20-24-16-3-1-2-4-18(16)27-20/h1-10,25-26H. The topological polar surface area (TPSA) is 65.7 Å². The number of aromatic hydroxyl groups is 2. The van der Waals surface area contributed by atoms with Crippen LogP contribution in [-0.2, 0) is 0 Å². The van der Waals surface area contributed by atoms with Gasteiger partial charge in [-0.15, -0.1) is 11.3 Å². The highest BCUT2D eigenvalue weighted by molar-refractivity contribution is 14.1. The molecule has 2 N–H and O–H groups in total. The maximum Gasteiger partial charge on any atom is 0.137 e. The van der Waals surface area contributed by atoms with Gasteiger partial charge in [0.25, 0.3) is 0 Å². The molecular formula is C20H12ClIN2O2S. The number of benzene rings is 3. The van der Waals surface area contributed by atoms with Gasteiger partial charge < -0.3 is 10.2 Å². The zero-order valence-corrected chi connectivity index (χ0v) is 17.5. The van der Waals surface area contributed by atoms with Crippen molar-refractivity contribution in [2.75, 3.05) is 0 Å². The summed E-state index contributed by atoms with van der Waals surface area (Å²) in [5.41, 5.74) is 2.68. The van der Waals surface area contributed by atoms with E-state index in [1.54, 1.807) is 36.5 Å². The highest BCUT2D eigenvalue weighted by Gasteiger charge is 2.11. The van der Waals surface area contributed by atoms with Gasteiger partial charge in [0, 0.05) is 16.8 Å². The van der Waals surface area contributed by atoms with Gasteiger partial charge in [0.2, 0.25) is 0 Å². The van der Waals surface area contributed by atoms with Crippen LogP contribution in [0.1, 0.15) is 5.56 Å². The summed E-state index contributed by atoms with van der Waals surface area (Å²) >= 11 is 9.58. The summed E-state index contributed by atoms with van der Waals surface area (Å²) in [7, 11) is 0. The van der Waals surface area contributed by atoms with E-state index in [2.05, 4.69) is 9.98 Å². The van der Waals surface area contributed by atoms with Gasteiger partial charge in [0.05, 0.1) is 25.0 Å². The summed E-state index contributed by atoms with van der Waals surface area (Å²) in [6, 6.07) is 16.2. The van der Waals surface area contributed by atoms with Crippen molar-refractivity contribution in [2.24, 2.45) is 4.99 Å². The van der Waals surface area contributed by atoms with Gasteiger partial charge in [-0.25, -0.2) is 4.98 Å². The van der Waals surface area contributed by atoms with E-state index in [4.69, 9.17) is 11.6 Å². The van der Waals surface area contributed by atoms with Crippen LogP contribution in [0.3, 0.4) is 0 Å². The zero-order valence-electron chi connectivity index (χ0n) is 13.7. The van der Waals surface area contributed by atoms with Gasteiger partial charge in [0.1, 0.15) is 16.5 Å². The Balaban J connectivity index is 1.72. The molecule has 0 aliphatic carbocycles. The Hall–Kier alpha value is -2.16. The Morgan fingerprint density at radius 1 is 1.07 bits per heavy atom. The first-order valence-corrected chi connectivity index (χ1v) is 10.2. The minimum atomic E-state index is 0.133. The molecule has 7 heteroatoms. The van der Waals surface area contributed by atoms with Crippen LogP contribution in [0.5, 0.6) is 11.5 Å². The molecule has 134 valence electrons. The highest BCUT2D eigenvalue weighted by atomic mass is 127. The van der Waals surface area contributed by atoms with E-state index in [1.807, 2.05) is 46.9 Å². The molecular weight excluding hydrogens is 495 g/mol. The fourth-order valence-corrected chi connectivity index (χ4v) is 4.64. The van der Waals surface area contributed by atoms with Gasteiger partial charge in [0.15, 0.2) is 0 Å². The van der Waals surface area contributed by atoms with Crippen molar-refractivity contribution in [3.63, 3.8) is 0 Å². The molecule has 27 heavy (non-hydrogen) atoms. The molecule has 0 fully saturated rings. The van der Waals surface area contributed by atoms with Crippen LogP contribution < -0.4 is 0 Å². The Bertz CT molecular complexity index is 1160. The van der Waals surface area contributed by atoms with Gasteiger partial charge in [-0.05, 0) is 65.1 Å². The van der Waals surface area contributed by atoms with Crippen molar-refractivity contribution < 1.29 is 10.2 Å². The molecule has 1 heterocycles. The molecule has 0 radical (unpaired) electrons. The van der Waals surface area contributed by atoms with E-state index in [-0.39, 0.29) is 11.5 Å². The molecule has 0 unspecified atom stereocenters.